The Kier molecular flexibility index (Phi) is 3.52. The zero-order valence-electron chi connectivity index (χ0n) is 10.1. The number of pyridine rings is 1. The Morgan fingerprint density at radius 3 is 2.50 bits per heavy atom. The highest BCUT2D eigenvalue weighted by Crippen LogP contribution is 2.23. The molecule has 2 rings (SSSR count). The van der Waals surface area contributed by atoms with Crippen LogP contribution in [0.4, 0.5) is 5.69 Å². The molecule has 1 aromatic carbocycles. The van der Waals surface area contributed by atoms with Gasteiger partial charge in [-0.3, -0.25) is 4.79 Å². The number of aromatic carboxylic acids is 1. The van der Waals surface area contributed by atoms with Crippen molar-refractivity contribution >= 4 is 17.6 Å². The zero-order chi connectivity index (χ0) is 14.7. The number of benzene rings is 1. The molecular weight excluding hydrogens is 264 g/mol. The average molecular weight is 274 g/mol. The van der Waals surface area contributed by atoms with E-state index in [1.807, 2.05) is 0 Å². The summed E-state index contributed by atoms with van der Waals surface area (Å²) in [6, 6.07) is 6.15. The molecule has 0 fully saturated rings. The van der Waals surface area contributed by atoms with E-state index in [2.05, 4.69) is 10.3 Å². The molecule has 7 heteroatoms. The number of carbonyl (C=O) groups is 2. The Morgan fingerprint density at radius 2 is 1.85 bits per heavy atom. The number of aromatic nitrogens is 1. The van der Waals surface area contributed by atoms with E-state index in [9.17, 15) is 14.7 Å². The average Bonchev–Trinajstić information content (AvgIpc) is 2.38. The molecule has 1 aromatic heterocycles. The molecule has 1 amide bonds. The summed E-state index contributed by atoms with van der Waals surface area (Å²) in [5.41, 5.74) is -0.0240. The molecule has 0 saturated carbocycles. The van der Waals surface area contributed by atoms with E-state index in [-0.39, 0.29) is 28.4 Å². The van der Waals surface area contributed by atoms with Crippen LogP contribution in [0.1, 0.15) is 20.8 Å². The summed E-state index contributed by atoms with van der Waals surface area (Å²) >= 11 is 0. The number of aromatic hydroxyl groups is 2. The Hall–Kier alpha value is -3.09. The summed E-state index contributed by atoms with van der Waals surface area (Å²) in [6.07, 6.45) is 1.25. The quantitative estimate of drug-likeness (QED) is 0.672. The standard InChI is InChI=1S/C13H10N2O5/c16-8-1-2-9(11(17)6-8)12(18)15-7-3-4-14-10(5-7)13(19)20/h1-6,16-17H,(H,19,20)(H,14,15,18). The number of phenolic OH excluding ortho intramolecular Hbond substituents is 2. The summed E-state index contributed by atoms with van der Waals surface area (Å²) in [7, 11) is 0. The van der Waals surface area contributed by atoms with Crippen LogP contribution in [0.15, 0.2) is 36.5 Å². The summed E-state index contributed by atoms with van der Waals surface area (Å²) < 4.78 is 0. The van der Waals surface area contributed by atoms with Gasteiger partial charge in [-0.2, -0.15) is 0 Å². The highest BCUT2D eigenvalue weighted by molar-refractivity contribution is 6.06. The van der Waals surface area contributed by atoms with Gasteiger partial charge in [0.1, 0.15) is 17.2 Å². The minimum Gasteiger partial charge on any atom is -0.508 e. The second-order valence-electron chi connectivity index (χ2n) is 3.89. The van der Waals surface area contributed by atoms with Crippen LogP contribution >= 0.6 is 0 Å². The van der Waals surface area contributed by atoms with Crippen LogP contribution in [0.2, 0.25) is 0 Å². The predicted molar refractivity (Wildman–Crippen MR) is 68.9 cm³/mol. The predicted octanol–water partition coefficient (Wildman–Crippen LogP) is 1.44. The fourth-order valence-electron chi connectivity index (χ4n) is 1.54. The lowest BCUT2D eigenvalue weighted by molar-refractivity contribution is 0.0690. The first-order valence-corrected chi connectivity index (χ1v) is 5.50. The first-order chi connectivity index (χ1) is 9.47. The van der Waals surface area contributed by atoms with Crippen LogP contribution in [0.25, 0.3) is 0 Å². The minimum absolute atomic E-state index is 0.0449. The van der Waals surface area contributed by atoms with Crippen LogP contribution in [0.3, 0.4) is 0 Å². The molecule has 0 bridgehead atoms. The van der Waals surface area contributed by atoms with Gasteiger partial charge in [0.05, 0.1) is 5.56 Å². The Balaban J connectivity index is 2.23. The highest BCUT2D eigenvalue weighted by atomic mass is 16.4. The monoisotopic (exact) mass is 274 g/mol. The number of phenols is 2. The zero-order valence-corrected chi connectivity index (χ0v) is 10.1. The number of nitrogens with one attached hydrogen (secondary N) is 1. The largest absolute Gasteiger partial charge is 0.508 e. The normalized spacial score (nSPS) is 10.0. The lowest BCUT2D eigenvalue weighted by Crippen LogP contribution is -2.13. The van der Waals surface area contributed by atoms with Crippen molar-refractivity contribution in [2.45, 2.75) is 0 Å². The van der Waals surface area contributed by atoms with Gasteiger partial charge in [0.15, 0.2) is 0 Å². The van der Waals surface area contributed by atoms with Gasteiger partial charge < -0.3 is 20.6 Å². The molecule has 1 heterocycles. The third kappa shape index (κ3) is 2.83. The number of rotatable bonds is 3. The van der Waals surface area contributed by atoms with Gasteiger partial charge in [0.25, 0.3) is 5.91 Å². The van der Waals surface area contributed by atoms with Gasteiger partial charge >= 0.3 is 5.97 Å². The lowest BCUT2D eigenvalue weighted by atomic mass is 10.1. The highest BCUT2D eigenvalue weighted by Gasteiger charge is 2.13. The molecule has 20 heavy (non-hydrogen) atoms. The number of hydrogen-bond donors (Lipinski definition) is 4. The van der Waals surface area contributed by atoms with Crippen LogP contribution in [0.5, 0.6) is 11.5 Å². The van der Waals surface area contributed by atoms with E-state index in [0.29, 0.717) is 0 Å². The third-order valence-corrected chi connectivity index (χ3v) is 2.46. The molecule has 0 aliphatic carbocycles. The van der Waals surface area contributed by atoms with Crippen molar-refractivity contribution in [3.8, 4) is 11.5 Å². The maximum Gasteiger partial charge on any atom is 0.354 e. The Bertz CT molecular complexity index is 684. The fourth-order valence-corrected chi connectivity index (χ4v) is 1.54. The smallest absolute Gasteiger partial charge is 0.354 e. The van der Waals surface area contributed by atoms with Crippen molar-refractivity contribution in [2.24, 2.45) is 0 Å². The third-order valence-electron chi connectivity index (χ3n) is 2.46. The van der Waals surface area contributed by atoms with Gasteiger partial charge in [-0.25, -0.2) is 9.78 Å². The number of carbonyl (C=O) groups excluding carboxylic acids is 1. The molecule has 0 spiro atoms. The van der Waals surface area contributed by atoms with Crippen LogP contribution in [0, 0.1) is 0 Å². The van der Waals surface area contributed by atoms with Gasteiger partial charge in [0, 0.05) is 18.0 Å². The molecule has 0 unspecified atom stereocenters. The van der Waals surface area contributed by atoms with E-state index < -0.39 is 11.9 Å². The van der Waals surface area contributed by atoms with Crippen LogP contribution in [-0.2, 0) is 0 Å². The van der Waals surface area contributed by atoms with Crippen LogP contribution < -0.4 is 5.32 Å². The summed E-state index contributed by atoms with van der Waals surface area (Å²) in [5, 5.41) is 29.9. The molecular formula is C13H10N2O5. The number of carboxylic acid groups (broad SMARTS) is 1. The minimum atomic E-state index is -1.21. The van der Waals surface area contributed by atoms with E-state index in [0.717, 1.165) is 6.07 Å². The van der Waals surface area contributed by atoms with Gasteiger partial charge in [0.2, 0.25) is 0 Å². The molecule has 4 N–H and O–H groups in total. The maximum absolute atomic E-state index is 11.9. The first-order valence-electron chi connectivity index (χ1n) is 5.50. The lowest BCUT2D eigenvalue weighted by Gasteiger charge is -2.07. The van der Waals surface area contributed by atoms with Gasteiger partial charge in [-0.15, -0.1) is 0 Å². The first kappa shape index (κ1) is 13.3. The topological polar surface area (TPSA) is 120 Å². The maximum atomic E-state index is 11.9. The van der Waals surface area contributed by atoms with Crippen LogP contribution in [-0.4, -0.2) is 32.2 Å². The molecule has 0 radical (unpaired) electrons. The summed E-state index contributed by atoms with van der Waals surface area (Å²) in [6.45, 7) is 0. The van der Waals surface area contributed by atoms with Crippen molar-refractivity contribution in [2.75, 3.05) is 5.32 Å². The molecule has 2 aromatic rings. The van der Waals surface area contributed by atoms with Gasteiger partial charge in [-0.05, 0) is 24.3 Å². The van der Waals surface area contributed by atoms with Crippen molar-refractivity contribution in [3.05, 3.63) is 47.8 Å². The second kappa shape index (κ2) is 5.27. The fraction of sp³-hybridized carbons (Fsp3) is 0. The van der Waals surface area contributed by atoms with Crippen molar-refractivity contribution in [3.63, 3.8) is 0 Å². The number of nitrogens with zero attached hydrogens (tertiary/aromatic N) is 1. The van der Waals surface area contributed by atoms with E-state index in [4.69, 9.17) is 10.2 Å². The number of amides is 1. The Labute approximate surface area is 113 Å². The van der Waals surface area contributed by atoms with Crippen molar-refractivity contribution < 1.29 is 24.9 Å². The molecule has 102 valence electrons. The van der Waals surface area contributed by atoms with E-state index in [1.165, 1.54) is 30.5 Å². The second-order valence-corrected chi connectivity index (χ2v) is 3.89. The van der Waals surface area contributed by atoms with E-state index >= 15 is 0 Å². The molecule has 0 aliphatic rings. The SMILES string of the molecule is O=C(O)c1cc(NC(=O)c2ccc(O)cc2O)ccn1. The van der Waals surface area contributed by atoms with Crippen molar-refractivity contribution in [1.29, 1.82) is 0 Å². The molecule has 0 saturated heterocycles. The summed E-state index contributed by atoms with van der Waals surface area (Å²) in [5.74, 6) is -2.40. The van der Waals surface area contributed by atoms with Gasteiger partial charge in [-0.1, -0.05) is 0 Å². The van der Waals surface area contributed by atoms with Crippen molar-refractivity contribution in [1.82, 2.24) is 4.98 Å². The van der Waals surface area contributed by atoms with E-state index in [1.54, 1.807) is 0 Å². The number of anilines is 1. The number of carboxylic acids is 1. The molecule has 0 aliphatic heterocycles. The molecule has 7 nitrogen and oxygen atoms in total. The summed E-state index contributed by atoms with van der Waals surface area (Å²) in [4.78, 5) is 26.3. The number of hydrogen-bond acceptors (Lipinski definition) is 5. The molecule has 0 atom stereocenters. The Morgan fingerprint density at radius 1 is 1.10 bits per heavy atom.